The van der Waals surface area contributed by atoms with Gasteiger partial charge < -0.3 is 9.31 Å². The number of hydrogen-bond donors (Lipinski definition) is 0. The standard InChI is InChI=1S/C14H22BNO3S/c1-10-11(9-20(6)17)7-8-16-12(10)15-18-13(2,3)14(4,5)19-15/h7-8H,9H2,1-6H3. The van der Waals surface area contributed by atoms with E-state index in [1.165, 1.54) is 0 Å². The van der Waals surface area contributed by atoms with E-state index in [1.54, 1.807) is 12.5 Å². The smallest absolute Gasteiger partial charge is 0.398 e. The molecule has 0 bridgehead atoms. The molecule has 0 radical (unpaired) electrons. The number of pyridine rings is 1. The summed E-state index contributed by atoms with van der Waals surface area (Å²) in [7, 11) is -1.34. The monoisotopic (exact) mass is 295 g/mol. The van der Waals surface area contributed by atoms with Gasteiger partial charge in [-0.3, -0.25) is 9.19 Å². The summed E-state index contributed by atoms with van der Waals surface area (Å²) in [6, 6.07) is 1.91. The molecule has 4 nitrogen and oxygen atoms in total. The first kappa shape index (κ1) is 15.7. The molecule has 0 aliphatic carbocycles. The Labute approximate surface area is 123 Å². The van der Waals surface area contributed by atoms with Crippen molar-refractivity contribution >= 4 is 23.5 Å². The second kappa shape index (κ2) is 5.24. The van der Waals surface area contributed by atoms with Gasteiger partial charge in [-0.25, -0.2) is 0 Å². The highest BCUT2D eigenvalue weighted by Gasteiger charge is 2.52. The van der Waals surface area contributed by atoms with E-state index in [1.807, 2.05) is 40.7 Å². The molecule has 1 aliphatic rings. The molecule has 20 heavy (non-hydrogen) atoms. The Morgan fingerprint density at radius 1 is 1.25 bits per heavy atom. The molecule has 2 rings (SSSR count). The van der Waals surface area contributed by atoms with Crippen LogP contribution in [0.5, 0.6) is 0 Å². The number of rotatable bonds is 3. The molecule has 1 aromatic rings. The largest absolute Gasteiger partial charge is 0.514 e. The van der Waals surface area contributed by atoms with Gasteiger partial charge >= 0.3 is 7.12 Å². The zero-order valence-electron chi connectivity index (χ0n) is 13.0. The Morgan fingerprint density at radius 3 is 2.30 bits per heavy atom. The highest BCUT2D eigenvalue weighted by molar-refractivity contribution is 7.83. The van der Waals surface area contributed by atoms with Crippen molar-refractivity contribution in [3.63, 3.8) is 0 Å². The lowest BCUT2D eigenvalue weighted by atomic mass is 9.80. The molecule has 6 heteroatoms. The van der Waals surface area contributed by atoms with Gasteiger partial charge in [0, 0.05) is 29.0 Å². The van der Waals surface area contributed by atoms with Crippen LogP contribution in [0.25, 0.3) is 0 Å². The van der Waals surface area contributed by atoms with E-state index in [0.717, 1.165) is 16.7 Å². The summed E-state index contributed by atoms with van der Waals surface area (Å²) in [6.45, 7) is 10.1. The Balaban J connectivity index is 2.34. The van der Waals surface area contributed by atoms with Crippen LogP contribution in [0.1, 0.15) is 38.8 Å². The molecule has 1 aromatic heterocycles. The van der Waals surface area contributed by atoms with Crippen molar-refractivity contribution in [2.75, 3.05) is 6.26 Å². The third kappa shape index (κ3) is 2.82. The minimum absolute atomic E-state index is 0.380. The highest BCUT2D eigenvalue weighted by Crippen LogP contribution is 2.36. The second-order valence-electron chi connectivity index (χ2n) is 6.29. The van der Waals surface area contributed by atoms with Crippen LogP contribution in [0.4, 0.5) is 0 Å². The number of nitrogens with zero attached hydrogens (tertiary/aromatic N) is 1. The van der Waals surface area contributed by atoms with E-state index < -0.39 is 17.9 Å². The van der Waals surface area contributed by atoms with Gasteiger partial charge in [-0.1, -0.05) is 0 Å². The quantitative estimate of drug-likeness (QED) is 0.794. The van der Waals surface area contributed by atoms with E-state index in [-0.39, 0.29) is 11.2 Å². The SMILES string of the molecule is Cc1c(CS(C)=O)ccnc1B1OC(C)(C)C(C)(C)O1. The lowest BCUT2D eigenvalue weighted by molar-refractivity contribution is 0.00578. The summed E-state index contributed by atoms with van der Waals surface area (Å²) < 4.78 is 23.5. The molecule has 0 N–H and O–H groups in total. The first-order valence-electron chi connectivity index (χ1n) is 6.74. The zero-order valence-corrected chi connectivity index (χ0v) is 13.8. The Kier molecular flexibility index (Phi) is 4.11. The van der Waals surface area contributed by atoms with Gasteiger partial charge in [0.25, 0.3) is 0 Å². The van der Waals surface area contributed by atoms with E-state index in [2.05, 4.69) is 4.98 Å². The maximum atomic E-state index is 11.4. The van der Waals surface area contributed by atoms with Gasteiger partial charge in [0.2, 0.25) is 0 Å². The Bertz CT molecular complexity index is 529. The fraction of sp³-hybridized carbons (Fsp3) is 0.643. The van der Waals surface area contributed by atoms with E-state index in [9.17, 15) is 4.21 Å². The van der Waals surface area contributed by atoms with Gasteiger partial charge in [-0.05, 0) is 51.8 Å². The minimum Gasteiger partial charge on any atom is -0.398 e. The van der Waals surface area contributed by atoms with Crippen LogP contribution in [-0.4, -0.2) is 33.8 Å². The first-order chi connectivity index (χ1) is 9.14. The minimum atomic E-state index is -0.877. The summed E-state index contributed by atoms with van der Waals surface area (Å²) in [4.78, 5) is 4.41. The van der Waals surface area contributed by atoms with Crippen molar-refractivity contribution in [3.8, 4) is 0 Å². The maximum absolute atomic E-state index is 11.4. The van der Waals surface area contributed by atoms with Crippen LogP contribution in [-0.2, 0) is 25.9 Å². The number of aromatic nitrogens is 1. The van der Waals surface area contributed by atoms with Crippen molar-refractivity contribution in [2.24, 2.45) is 0 Å². The third-order valence-electron chi connectivity index (χ3n) is 4.19. The van der Waals surface area contributed by atoms with Crippen LogP contribution in [0.3, 0.4) is 0 Å². The van der Waals surface area contributed by atoms with Crippen molar-refractivity contribution in [1.82, 2.24) is 4.98 Å². The lowest BCUT2D eigenvalue weighted by Crippen LogP contribution is -2.41. The van der Waals surface area contributed by atoms with Crippen LogP contribution in [0, 0.1) is 6.92 Å². The predicted octanol–water partition coefficient (Wildman–Crippen LogP) is 1.57. The van der Waals surface area contributed by atoms with Crippen LogP contribution >= 0.6 is 0 Å². The summed E-state index contributed by atoms with van der Waals surface area (Å²) in [5.41, 5.74) is 2.06. The molecule has 0 spiro atoms. The average molecular weight is 295 g/mol. The van der Waals surface area contributed by atoms with Gasteiger partial charge in [-0.2, -0.15) is 0 Å². The van der Waals surface area contributed by atoms with Crippen molar-refractivity contribution in [2.45, 2.75) is 51.6 Å². The van der Waals surface area contributed by atoms with Crippen molar-refractivity contribution in [3.05, 3.63) is 23.4 Å². The van der Waals surface area contributed by atoms with Gasteiger partial charge in [0.15, 0.2) is 0 Å². The van der Waals surface area contributed by atoms with E-state index in [4.69, 9.17) is 9.31 Å². The highest BCUT2D eigenvalue weighted by atomic mass is 32.2. The summed E-state index contributed by atoms with van der Waals surface area (Å²) in [6.07, 6.45) is 3.43. The third-order valence-corrected chi connectivity index (χ3v) is 4.91. The number of hydrogen-bond acceptors (Lipinski definition) is 4. The normalized spacial score (nSPS) is 22.0. The summed E-state index contributed by atoms with van der Waals surface area (Å²) >= 11 is 0. The molecule has 0 aromatic carbocycles. The molecule has 110 valence electrons. The van der Waals surface area contributed by atoms with E-state index in [0.29, 0.717) is 5.75 Å². The Hall–Kier alpha value is -0.715. The molecular formula is C14H22BNO3S. The van der Waals surface area contributed by atoms with Crippen LogP contribution < -0.4 is 5.59 Å². The fourth-order valence-corrected chi connectivity index (χ4v) is 2.91. The molecular weight excluding hydrogens is 273 g/mol. The molecule has 0 saturated carbocycles. The maximum Gasteiger partial charge on any atom is 0.514 e. The predicted molar refractivity (Wildman–Crippen MR) is 82.5 cm³/mol. The molecule has 1 aliphatic heterocycles. The van der Waals surface area contributed by atoms with Crippen molar-refractivity contribution in [1.29, 1.82) is 0 Å². The molecule has 1 fully saturated rings. The molecule has 1 atom stereocenters. The molecule has 2 heterocycles. The Morgan fingerprint density at radius 2 is 1.80 bits per heavy atom. The zero-order chi connectivity index (χ0) is 15.1. The summed E-state index contributed by atoms with van der Waals surface area (Å²) in [5.74, 6) is 0.529. The second-order valence-corrected chi connectivity index (χ2v) is 7.72. The molecule has 1 unspecified atom stereocenters. The fourth-order valence-electron chi connectivity index (χ4n) is 2.16. The van der Waals surface area contributed by atoms with Gasteiger partial charge in [0.1, 0.15) is 0 Å². The van der Waals surface area contributed by atoms with Crippen molar-refractivity contribution < 1.29 is 13.5 Å². The average Bonchev–Trinajstić information content (AvgIpc) is 2.50. The molecule has 0 amide bonds. The summed E-state index contributed by atoms with van der Waals surface area (Å²) in [5, 5.41) is 0. The van der Waals surface area contributed by atoms with Gasteiger partial charge in [0.05, 0.1) is 16.8 Å². The van der Waals surface area contributed by atoms with E-state index >= 15 is 0 Å². The topological polar surface area (TPSA) is 48.4 Å². The molecule has 1 saturated heterocycles. The first-order valence-corrected chi connectivity index (χ1v) is 8.47. The van der Waals surface area contributed by atoms with Crippen LogP contribution in [0.2, 0.25) is 0 Å². The van der Waals surface area contributed by atoms with Crippen LogP contribution in [0.15, 0.2) is 12.3 Å². The lowest BCUT2D eigenvalue weighted by Gasteiger charge is -2.32. The van der Waals surface area contributed by atoms with Gasteiger partial charge in [-0.15, -0.1) is 0 Å².